The second-order valence-corrected chi connectivity index (χ2v) is 7.88. The van der Waals surface area contributed by atoms with Gasteiger partial charge in [0.1, 0.15) is 5.75 Å². The van der Waals surface area contributed by atoms with Crippen LogP contribution in [-0.2, 0) is 17.6 Å². The zero-order valence-electron chi connectivity index (χ0n) is 15.6. The number of ether oxygens (including phenoxy) is 1. The van der Waals surface area contributed by atoms with Gasteiger partial charge in [0.05, 0.1) is 5.69 Å². The van der Waals surface area contributed by atoms with Crippen molar-refractivity contribution >= 4 is 23.4 Å². The second kappa shape index (κ2) is 9.13. The van der Waals surface area contributed by atoms with Gasteiger partial charge in [-0.25, -0.2) is 0 Å². The molecule has 2 aromatic rings. The van der Waals surface area contributed by atoms with Gasteiger partial charge in [-0.3, -0.25) is 4.79 Å². The van der Waals surface area contributed by atoms with Gasteiger partial charge in [-0.05, 0) is 73.2 Å². The molecule has 3 rings (SSSR count). The van der Waals surface area contributed by atoms with E-state index in [0.29, 0.717) is 6.42 Å². The summed E-state index contributed by atoms with van der Waals surface area (Å²) < 4.78 is 6.04. The summed E-state index contributed by atoms with van der Waals surface area (Å²) in [6.07, 6.45) is 4.90. The summed E-state index contributed by atoms with van der Waals surface area (Å²) in [5.74, 6) is 1.67. The standard InChI is InChI=1S/C22H27NO2S/c1-3-20(22(24)23-19-11-7-8-12-21(19)26-4-2)25-18-14-13-16-9-5-6-10-17(16)15-18/h7-8,11-15,20H,3-6,9-10H2,1-2H3,(H,23,24)/t20-/m1/s1. The number of para-hydroxylation sites is 1. The van der Waals surface area contributed by atoms with Gasteiger partial charge in [-0.1, -0.05) is 32.0 Å². The fraction of sp³-hybridized carbons (Fsp3) is 0.409. The Labute approximate surface area is 160 Å². The van der Waals surface area contributed by atoms with Gasteiger partial charge in [-0.15, -0.1) is 11.8 Å². The predicted octanol–water partition coefficient (Wildman–Crippen LogP) is 5.47. The van der Waals surface area contributed by atoms with Gasteiger partial charge in [0.25, 0.3) is 5.91 Å². The first-order valence-electron chi connectivity index (χ1n) is 9.52. The average molecular weight is 370 g/mol. The number of rotatable bonds is 7. The molecule has 0 fully saturated rings. The van der Waals surface area contributed by atoms with Gasteiger partial charge in [0, 0.05) is 4.90 Å². The van der Waals surface area contributed by atoms with Crippen molar-refractivity contribution in [2.45, 2.75) is 57.0 Å². The number of carbonyl (C=O) groups is 1. The molecule has 0 unspecified atom stereocenters. The van der Waals surface area contributed by atoms with E-state index in [1.54, 1.807) is 11.8 Å². The highest BCUT2D eigenvalue weighted by atomic mass is 32.2. The zero-order chi connectivity index (χ0) is 18.4. The highest BCUT2D eigenvalue weighted by Crippen LogP contribution is 2.28. The maximum absolute atomic E-state index is 12.7. The SMILES string of the molecule is CCSc1ccccc1NC(=O)[C@@H](CC)Oc1ccc2c(c1)CCCC2. The molecule has 0 spiro atoms. The summed E-state index contributed by atoms with van der Waals surface area (Å²) in [4.78, 5) is 13.8. The molecule has 1 N–H and O–H groups in total. The van der Waals surface area contributed by atoms with Crippen LogP contribution in [0.3, 0.4) is 0 Å². The van der Waals surface area contributed by atoms with Crippen LogP contribution in [0.1, 0.15) is 44.2 Å². The quantitative estimate of drug-likeness (QED) is 0.657. The third-order valence-electron chi connectivity index (χ3n) is 4.71. The van der Waals surface area contributed by atoms with E-state index in [9.17, 15) is 4.79 Å². The monoisotopic (exact) mass is 369 g/mol. The Hall–Kier alpha value is -1.94. The van der Waals surface area contributed by atoms with E-state index < -0.39 is 6.10 Å². The van der Waals surface area contributed by atoms with Crippen molar-refractivity contribution in [2.75, 3.05) is 11.1 Å². The minimum absolute atomic E-state index is 0.0885. The summed E-state index contributed by atoms with van der Waals surface area (Å²) in [5.41, 5.74) is 3.65. The number of hydrogen-bond donors (Lipinski definition) is 1. The molecule has 0 bridgehead atoms. The normalized spacial score (nSPS) is 14.4. The largest absolute Gasteiger partial charge is 0.481 e. The molecular weight excluding hydrogens is 342 g/mol. The third kappa shape index (κ3) is 4.61. The third-order valence-corrected chi connectivity index (χ3v) is 5.66. The van der Waals surface area contributed by atoms with Crippen molar-refractivity contribution in [3.63, 3.8) is 0 Å². The highest BCUT2D eigenvalue weighted by molar-refractivity contribution is 7.99. The van der Waals surface area contributed by atoms with Crippen molar-refractivity contribution in [3.05, 3.63) is 53.6 Å². The summed E-state index contributed by atoms with van der Waals surface area (Å²) in [7, 11) is 0. The van der Waals surface area contributed by atoms with Gasteiger partial charge in [0.15, 0.2) is 6.10 Å². The van der Waals surface area contributed by atoms with E-state index in [-0.39, 0.29) is 5.91 Å². The number of thioether (sulfide) groups is 1. The molecule has 0 radical (unpaired) electrons. The van der Waals surface area contributed by atoms with Gasteiger partial charge < -0.3 is 10.1 Å². The van der Waals surface area contributed by atoms with Crippen molar-refractivity contribution in [3.8, 4) is 5.75 Å². The van der Waals surface area contributed by atoms with Crippen LogP contribution in [0.5, 0.6) is 5.75 Å². The highest BCUT2D eigenvalue weighted by Gasteiger charge is 2.20. The van der Waals surface area contributed by atoms with E-state index in [2.05, 4.69) is 24.4 Å². The minimum Gasteiger partial charge on any atom is -0.481 e. The van der Waals surface area contributed by atoms with Crippen LogP contribution < -0.4 is 10.1 Å². The summed E-state index contributed by atoms with van der Waals surface area (Å²) in [5, 5.41) is 3.04. The average Bonchev–Trinajstić information content (AvgIpc) is 2.67. The maximum Gasteiger partial charge on any atom is 0.265 e. The number of benzene rings is 2. The van der Waals surface area contributed by atoms with E-state index in [1.165, 1.54) is 24.0 Å². The zero-order valence-corrected chi connectivity index (χ0v) is 16.4. The lowest BCUT2D eigenvalue weighted by molar-refractivity contribution is -0.122. The van der Waals surface area contributed by atoms with Crippen molar-refractivity contribution in [2.24, 2.45) is 0 Å². The molecule has 1 atom stereocenters. The molecule has 1 amide bonds. The van der Waals surface area contributed by atoms with Gasteiger partial charge in [0.2, 0.25) is 0 Å². The molecule has 3 nitrogen and oxygen atoms in total. The molecule has 26 heavy (non-hydrogen) atoms. The van der Waals surface area contributed by atoms with Crippen molar-refractivity contribution in [1.82, 2.24) is 0 Å². The fourth-order valence-corrected chi connectivity index (χ4v) is 4.09. The Morgan fingerprint density at radius 2 is 1.88 bits per heavy atom. The van der Waals surface area contributed by atoms with Crippen LogP contribution >= 0.6 is 11.8 Å². The molecule has 0 saturated carbocycles. The van der Waals surface area contributed by atoms with Crippen LogP contribution in [0.15, 0.2) is 47.4 Å². The first kappa shape index (κ1) is 18.8. The summed E-state index contributed by atoms with van der Waals surface area (Å²) in [6, 6.07) is 14.2. The Kier molecular flexibility index (Phi) is 6.62. The Morgan fingerprint density at radius 3 is 2.65 bits per heavy atom. The molecule has 0 aromatic heterocycles. The lowest BCUT2D eigenvalue weighted by atomic mass is 9.92. The Bertz CT molecular complexity index is 760. The first-order chi connectivity index (χ1) is 12.7. The van der Waals surface area contributed by atoms with Gasteiger partial charge in [-0.2, -0.15) is 0 Å². The number of anilines is 1. The lowest BCUT2D eigenvalue weighted by Gasteiger charge is -2.21. The molecule has 0 heterocycles. The number of carbonyl (C=O) groups excluding carboxylic acids is 1. The number of nitrogens with one attached hydrogen (secondary N) is 1. The molecule has 0 aliphatic heterocycles. The van der Waals surface area contributed by atoms with E-state index in [4.69, 9.17) is 4.74 Å². The van der Waals surface area contributed by atoms with Crippen LogP contribution in [0, 0.1) is 0 Å². The molecule has 138 valence electrons. The van der Waals surface area contributed by atoms with Crippen LogP contribution in [-0.4, -0.2) is 17.8 Å². The molecule has 0 saturated heterocycles. The Balaban J connectivity index is 1.69. The van der Waals surface area contributed by atoms with E-state index in [0.717, 1.165) is 34.9 Å². The van der Waals surface area contributed by atoms with Gasteiger partial charge >= 0.3 is 0 Å². The molecule has 2 aromatic carbocycles. The van der Waals surface area contributed by atoms with Crippen LogP contribution in [0.2, 0.25) is 0 Å². The molecule has 1 aliphatic rings. The smallest absolute Gasteiger partial charge is 0.265 e. The second-order valence-electron chi connectivity index (χ2n) is 6.57. The lowest BCUT2D eigenvalue weighted by Crippen LogP contribution is -2.32. The summed E-state index contributed by atoms with van der Waals surface area (Å²) in [6.45, 7) is 4.09. The topological polar surface area (TPSA) is 38.3 Å². The Morgan fingerprint density at radius 1 is 1.12 bits per heavy atom. The number of fused-ring (bicyclic) bond motifs is 1. The summed E-state index contributed by atoms with van der Waals surface area (Å²) >= 11 is 1.73. The van der Waals surface area contributed by atoms with E-state index in [1.807, 2.05) is 37.3 Å². The number of aryl methyl sites for hydroxylation is 2. The molecule has 4 heteroatoms. The van der Waals surface area contributed by atoms with E-state index >= 15 is 0 Å². The number of hydrogen-bond acceptors (Lipinski definition) is 3. The van der Waals surface area contributed by atoms with Crippen molar-refractivity contribution < 1.29 is 9.53 Å². The molecular formula is C22H27NO2S. The number of amides is 1. The fourth-order valence-electron chi connectivity index (χ4n) is 3.33. The van der Waals surface area contributed by atoms with Crippen molar-refractivity contribution in [1.29, 1.82) is 0 Å². The minimum atomic E-state index is -0.490. The molecule has 1 aliphatic carbocycles. The predicted molar refractivity (Wildman–Crippen MR) is 109 cm³/mol. The van der Waals surface area contributed by atoms with Crippen LogP contribution in [0.4, 0.5) is 5.69 Å². The maximum atomic E-state index is 12.7. The first-order valence-corrected chi connectivity index (χ1v) is 10.5. The van der Waals surface area contributed by atoms with Crippen LogP contribution in [0.25, 0.3) is 0 Å².